The summed E-state index contributed by atoms with van der Waals surface area (Å²) in [6.45, 7) is 2.05. The molecule has 2 aromatic carbocycles. The van der Waals surface area contributed by atoms with E-state index in [2.05, 4.69) is 30.1 Å². The van der Waals surface area contributed by atoms with Crippen molar-refractivity contribution in [2.24, 2.45) is 0 Å². The maximum atomic E-state index is 12.3. The molecule has 0 spiro atoms. The molecule has 0 aliphatic carbocycles. The first-order chi connectivity index (χ1) is 10.2. The van der Waals surface area contributed by atoms with Crippen molar-refractivity contribution in [1.29, 1.82) is 0 Å². The fourth-order valence-electron chi connectivity index (χ4n) is 2.66. The van der Waals surface area contributed by atoms with Gasteiger partial charge in [0.05, 0.1) is 5.56 Å². The molecule has 3 heteroatoms. The number of aromatic nitrogens is 1. The van der Waals surface area contributed by atoms with Crippen LogP contribution in [0.3, 0.4) is 0 Å². The van der Waals surface area contributed by atoms with Crippen LogP contribution in [0.25, 0.3) is 17.0 Å². The molecule has 0 bridgehead atoms. The Bertz CT molecular complexity index is 902. The molecule has 2 heterocycles. The average molecular weight is 275 g/mol. The lowest BCUT2D eigenvalue weighted by molar-refractivity contribution is 0.101. The minimum atomic E-state index is -0.0629. The maximum Gasteiger partial charge on any atom is 0.231 e. The molecule has 1 aromatic heterocycles. The number of nitrogens with one attached hydrogen (secondary N) is 1. The first kappa shape index (κ1) is 12.0. The minimum absolute atomic E-state index is 0.0629. The molecule has 0 unspecified atom stereocenters. The molecule has 21 heavy (non-hydrogen) atoms. The van der Waals surface area contributed by atoms with Gasteiger partial charge >= 0.3 is 0 Å². The van der Waals surface area contributed by atoms with Gasteiger partial charge in [-0.25, -0.2) is 0 Å². The lowest BCUT2D eigenvalue weighted by Crippen LogP contribution is -1.97. The molecule has 1 aliphatic heterocycles. The lowest BCUT2D eigenvalue weighted by Gasteiger charge is -1.98. The molecule has 3 aromatic rings. The number of carbonyl (C=O) groups excluding carboxylic acids is 1. The van der Waals surface area contributed by atoms with Crippen LogP contribution in [0.1, 0.15) is 21.5 Å². The van der Waals surface area contributed by atoms with Gasteiger partial charge < -0.3 is 9.72 Å². The highest BCUT2D eigenvalue weighted by Crippen LogP contribution is 2.32. The summed E-state index contributed by atoms with van der Waals surface area (Å²) in [6.07, 6.45) is 3.70. The first-order valence-electron chi connectivity index (χ1n) is 6.83. The number of para-hydroxylation sites is 1. The Balaban J connectivity index is 1.80. The first-order valence-corrected chi connectivity index (χ1v) is 6.83. The van der Waals surface area contributed by atoms with Gasteiger partial charge in [-0.2, -0.15) is 0 Å². The standard InChI is InChI=1S/C18H13NO2/c1-11-6-7-13-12(10-19-15(13)8-11)9-17-18(20)14-4-2-3-5-16(14)21-17/h2-10,19H,1H3. The molecule has 4 rings (SSSR count). The molecule has 0 saturated carbocycles. The second-order valence-corrected chi connectivity index (χ2v) is 5.23. The number of ether oxygens (including phenoxy) is 1. The number of carbonyl (C=O) groups is 1. The molecular weight excluding hydrogens is 262 g/mol. The van der Waals surface area contributed by atoms with Crippen molar-refractivity contribution in [2.75, 3.05) is 0 Å². The van der Waals surface area contributed by atoms with Crippen molar-refractivity contribution in [3.8, 4) is 5.75 Å². The highest BCUT2D eigenvalue weighted by Gasteiger charge is 2.26. The van der Waals surface area contributed by atoms with Gasteiger partial charge in [-0.3, -0.25) is 4.79 Å². The van der Waals surface area contributed by atoms with E-state index >= 15 is 0 Å². The highest BCUT2D eigenvalue weighted by atomic mass is 16.5. The predicted molar refractivity (Wildman–Crippen MR) is 82.4 cm³/mol. The van der Waals surface area contributed by atoms with Crippen LogP contribution in [0.4, 0.5) is 0 Å². The Labute approximate surface area is 121 Å². The Kier molecular flexibility index (Phi) is 2.48. The Morgan fingerprint density at radius 1 is 1.14 bits per heavy atom. The quantitative estimate of drug-likeness (QED) is 0.679. The third-order valence-corrected chi connectivity index (χ3v) is 3.73. The number of hydrogen-bond acceptors (Lipinski definition) is 2. The van der Waals surface area contributed by atoms with Crippen LogP contribution in [0.15, 0.2) is 54.4 Å². The van der Waals surface area contributed by atoms with E-state index in [4.69, 9.17) is 4.74 Å². The van der Waals surface area contributed by atoms with Crippen LogP contribution >= 0.6 is 0 Å². The number of benzene rings is 2. The second kappa shape index (κ2) is 4.35. The fraction of sp³-hybridized carbons (Fsp3) is 0.0556. The topological polar surface area (TPSA) is 42.1 Å². The van der Waals surface area contributed by atoms with Gasteiger partial charge in [0.15, 0.2) is 5.76 Å². The molecule has 1 aliphatic rings. The zero-order valence-electron chi connectivity index (χ0n) is 11.5. The number of fused-ring (bicyclic) bond motifs is 2. The SMILES string of the molecule is Cc1ccc2c(C=C3Oc4ccccc4C3=O)c[nH]c2c1. The average Bonchev–Trinajstić information content (AvgIpc) is 3.02. The fourth-order valence-corrected chi connectivity index (χ4v) is 2.66. The van der Waals surface area contributed by atoms with Crippen molar-refractivity contribution >= 4 is 22.8 Å². The van der Waals surface area contributed by atoms with Gasteiger partial charge in [-0.05, 0) is 36.8 Å². The molecule has 0 saturated heterocycles. The zero-order chi connectivity index (χ0) is 14.4. The number of rotatable bonds is 1. The molecule has 0 radical (unpaired) electrons. The second-order valence-electron chi connectivity index (χ2n) is 5.23. The van der Waals surface area contributed by atoms with Crippen LogP contribution in [0.2, 0.25) is 0 Å². The Hall–Kier alpha value is -2.81. The summed E-state index contributed by atoms with van der Waals surface area (Å²) in [5.41, 5.74) is 3.84. The third-order valence-electron chi connectivity index (χ3n) is 3.73. The van der Waals surface area contributed by atoms with E-state index in [0.717, 1.165) is 16.5 Å². The van der Waals surface area contributed by atoms with Gasteiger partial charge in [0, 0.05) is 22.7 Å². The van der Waals surface area contributed by atoms with E-state index in [1.165, 1.54) is 5.56 Å². The van der Waals surface area contributed by atoms with Crippen molar-refractivity contribution in [3.05, 3.63) is 71.1 Å². The molecule has 3 nitrogen and oxygen atoms in total. The summed E-state index contributed by atoms with van der Waals surface area (Å²) in [6, 6.07) is 13.5. The van der Waals surface area contributed by atoms with Crippen molar-refractivity contribution in [2.45, 2.75) is 6.92 Å². The predicted octanol–water partition coefficient (Wildman–Crippen LogP) is 4.09. The number of allylic oxidation sites excluding steroid dienone is 1. The maximum absolute atomic E-state index is 12.3. The van der Waals surface area contributed by atoms with Gasteiger partial charge in [0.1, 0.15) is 5.75 Å². The van der Waals surface area contributed by atoms with E-state index < -0.39 is 0 Å². The molecule has 1 N–H and O–H groups in total. The number of aromatic amines is 1. The number of ketones is 1. The van der Waals surface area contributed by atoms with Gasteiger partial charge in [-0.1, -0.05) is 24.3 Å². The number of hydrogen-bond donors (Lipinski definition) is 1. The van der Waals surface area contributed by atoms with Crippen LogP contribution in [-0.4, -0.2) is 10.8 Å². The van der Waals surface area contributed by atoms with Crippen LogP contribution in [0.5, 0.6) is 5.75 Å². The van der Waals surface area contributed by atoms with E-state index in [0.29, 0.717) is 17.1 Å². The Morgan fingerprint density at radius 3 is 2.86 bits per heavy atom. The lowest BCUT2D eigenvalue weighted by atomic mass is 10.1. The van der Waals surface area contributed by atoms with Crippen LogP contribution in [-0.2, 0) is 0 Å². The van der Waals surface area contributed by atoms with Crippen molar-refractivity contribution in [1.82, 2.24) is 4.98 Å². The molecule has 0 atom stereocenters. The summed E-state index contributed by atoms with van der Waals surface area (Å²) in [5.74, 6) is 0.939. The number of H-pyrrole nitrogens is 1. The van der Waals surface area contributed by atoms with Crippen LogP contribution < -0.4 is 4.74 Å². The van der Waals surface area contributed by atoms with E-state index in [1.807, 2.05) is 24.4 Å². The van der Waals surface area contributed by atoms with E-state index in [9.17, 15) is 4.79 Å². The molecule has 102 valence electrons. The summed E-state index contributed by atoms with van der Waals surface area (Å²) in [5, 5.41) is 1.08. The van der Waals surface area contributed by atoms with Crippen molar-refractivity contribution < 1.29 is 9.53 Å². The molecular formula is C18H13NO2. The summed E-state index contributed by atoms with van der Waals surface area (Å²) in [7, 11) is 0. The molecule has 0 fully saturated rings. The van der Waals surface area contributed by atoms with E-state index in [-0.39, 0.29) is 5.78 Å². The van der Waals surface area contributed by atoms with Crippen molar-refractivity contribution in [3.63, 3.8) is 0 Å². The van der Waals surface area contributed by atoms with E-state index in [1.54, 1.807) is 12.1 Å². The highest BCUT2D eigenvalue weighted by molar-refractivity contribution is 6.15. The summed E-state index contributed by atoms with van der Waals surface area (Å²) >= 11 is 0. The smallest absolute Gasteiger partial charge is 0.231 e. The zero-order valence-corrected chi connectivity index (χ0v) is 11.5. The van der Waals surface area contributed by atoms with Gasteiger partial charge in [0.2, 0.25) is 5.78 Å². The third kappa shape index (κ3) is 1.86. The number of Topliss-reactive ketones (excluding diaryl/α,β-unsaturated/α-hetero) is 1. The Morgan fingerprint density at radius 2 is 2.00 bits per heavy atom. The van der Waals surface area contributed by atoms with Gasteiger partial charge in [0.25, 0.3) is 0 Å². The van der Waals surface area contributed by atoms with Crippen LogP contribution in [0, 0.1) is 6.92 Å². The summed E-state index contributed by atoms with van der Waals surface area (Å²) in [4.78, 5) is 15.5. The summed E-state index contributed by atoms with van der Waals surface area (Å²) < 4.78 is 5.66. The largest absolute Gasteiger partial charge is 0.452 e. The molecule has 0 amide bonds. The van der Waals surface area contributed by atoms with Gasteiger partial charge in [-0.15, -0.1) is 0 Å². The number of aryl methyl sites for hydroxylation is 1. The monoisotopic (exact) mass is 275 g/mol. The normalized spacial score (nSPS) is 15.5. The minimum Gasteiger partial charge on any atom is -0.452 e.